The predicted molar refractivity (Wildman–Crippen MR) is 140 cm³/mol. The number of hydrogen-bond acceptors (Lipinski definition) is 7. The SMILES string of the molecule is COC1=CC=CC2=NC(=O)C=C(C(=O)N[C@@H]3CCN(c4c(C(=O)N5CCOCC5)cc(C#N)cc4C(F)(F)F)C3)C12. The number of methoxy groups -OCH3 is 1. The second-order valence-electron chi connectivity index (χ2n) is 9.88. The fraction of sp³-hybridized carbons (Fsp3) is 0.393. The molecule has 0 bridgehead atoms. The molecule has 0 spiro atoms. The molecule has 1 aromatic rings. The van der Waals surface area contributed by atoms with Gasteiger partial charge in [-0.15, -0.1) is 0 Å². The zero-order chi connectivity index (χ0) is 29.3. The minimum atomic E-state index is -4.84. The molecule has 2 saturated heterocycles. The number of aliphatic imine (C=N–C) groups is 1. The lowest BCUT2D eigenvalue weighted by Crippen LogP contribution is -2.43. The number of halogens is 3. The Morgan fingerprint density at radius 1 is 1.22 bits per heavy atom. The molecule has 3 heterocycles. The number of morpholine rings is 1. The summed E-state index contributed by atoms with van der Waals surface area (Å²) in [6, 6.07) is 3.07. The minimum absolute atomic E-state index is 0.0240. The van der Waals surface area contributed by atoms with E-state index in [0.29, 0.717) is 11.5 Å². The molecule has 0 aromatic heterocycles. The van der Waals surface area contributed by atoms with E-state index in [9.17, 15) is 32.8 Å². The van der Waals surface area contributed by atoms with Crippen LogP contribution in [0.3, 0.4) is 0 Å². The van der Waals surface area contributed by atoms with Crippen molar-refractivity contribution in [3.05, 3.63) is 64.5 Å². The van der Waals surface area contributed by atoms with Crippen molar-refractivity contribution >= 4 is 29.1 Å². The number of hydrogen-bond donors (Lipinski definition) is 1. The number of benzene rings is 1. The van der Waals surface area contributed by atoms with Crippen molar-refractivity contribution in [1.29, 1.82) is 5.26 Å². The van der Waals surface area contributed by atoms with Crippen molar-refractivity contribution in [3.63, 3.8) is 0 Å². The molecule has 0 saturated carbocycles. The lowest BCUT2D eigenvalue weighted by Gasteiger charge is -2.31. The maximum atomic E-state index is 14.3. The van der Waals surface area contributed by atoms with Gasteiger partial charge < -0.3 is 24.6 Å². The number of amides is 3. The number of nitrogens with one attached hydrogen (secondary N) is 1. The summed E-state index contributed by atoms with van der Waals surface area (Å²) in [7, 11) is 1.44. The van der Waals surface area contributed by atoms with Gasteiger partial charge in [0.15, 0.2) is 0 Å². The van der Waals surface area contributed by atoms with Crippen LogP contribution in [0.4, 0.5) is 18.9 Å². The topological polar surface area (TPSA) is 124 Å². The van der Waals surface area contributed by atoms with Crippen molar-refractivity contribution in [2.75, 3.05) is 51.4 Å². The number of carbonyl (C=O) groups is 3. The van der Waals surface area contributed by atoms with Crippen LogP contribution in [0.1, 0.15) is 27.9 Å². The Labute approximate surface area is 233 Å². The Morgan fingerprint density at radius 3 is 2.66 bits per heavy atom. The van der Waals surface area contributed by atoms with E-state index in [0.717, 1.165) is 12.1 Å². The molecule has 2 atom stereocenters. The molecule has 2 fully saturated rings. The van der Waals surface area contributed by atoms with Crippen LogP contribution < -0.4 is 10.2 Å². The van der Waals surface area contributed by atoms with Crippen LogP contribution in [-0.4, -0.2) is 80.9 Å². The third-order valence-corrected chi connectivity index (χ3v) is 7.35. The Morgan fingerprint density at radius 2 is 1.98 bits per heavy atom. The summed E-state index contributed by atoms with van der Waals surface area (Å²) in [6.07, 6.45) is 1.50. The molecule has 3 amide bonds. The molecule has 3 aliphatic heterocycles. The second-order valence-corrected chi connectivity index (χ2v) is 9.88. The number of allylic oxidation sites excluding steroid dienone is 4. The Hall–Kier alpha value is -4.44. The molecule has 10 nitrogen and oxygen atoms in total. The average molecular weight is 570 g/mol. The van der Waals surface area contributed by atoms with Gasteiger partial charge in [0.2, 0.25) is 5.91 Å². The molecule has 5 rings (SSSR count). The summed E-state index contributed by atoms with van der Waals surface area (Å²) in [6.45, 7) is 1.02. The van der Waals surface area contributed by atoms with E-state index in [2.05, 4.69) is 10.3 Å². The average Bonchev–Trinajstić information content (AvgIpc) is 3.43. The van der Waals surface area contributed by atoms with Gasteiger partial charge in [0.05, 0.1) is 60.4 Å². The highest BCUT2D eigenvalue weighted by molar-refractivity contribution is 6.18. The van der Waals surface area contributed by atoms with Gasteiger partial charge in [-0.3, -0.25) is 14.4 Å². The van der Waals surface area contributed by atoms with Crippen molar-refractivity contribution < 1.29 is 37.0 Å². The van der Waals surface area contributed by atoms with Crippen molar-refractivity contribution in [1.82, 2.24) is 10.2 Å². The van der Waals surface area contributed by atoms with Gasteiger partial charge >= 0.3 is 6.18 Å². The predicted octanol–water partition coefficient (Wildman–Crippen LogP) is 2.37. The van der Waals surface area contributed by atoms with E-state index in [1.54, 1.807) is 24.3 Å². The Bertz CT molecular complexity index is 1450. The highest BCUT2D eigenvalue weighted by Crippen LogP contribution is 2.41. The Balaban J connectivity index is 1.42. The van der Waals surface area contributed by atoms with Gasteiger partial charge in [0.25, 0.3) is 11.8 Å². The number of dihydropyridines is 1. The zero-order valence-electron chi connectivity index (χ0n) is 22.0. The molecule has 1 aliphatic carbocycles. The van der Waals surface area contributed by atoms with Crippen LogP contribution >= 0.6 is 0 Å². The molecule has 41 heavy (non-hydrogen) atoms. The molecule has 0 radical (unpaired) electrons. The summed E-state index contributed by atoms with van der Waals surface area (Å²) >= 11 is 0. The highest BCUT2D eigenvalue weighted by atomic mass is 19.4. The van der Waals surface area contributed by atoms with Crippen LogP contribution in [0, 0.1) is 17.2 Å². The lowest BCUT2D eigenvalue weighted by molar-refractivity contribution is -0.137. The maximum absolute atomic E-state index is 14.3. The fourth-order valence-corrected chi connectivity index (χ4v) is 5.46. The van der Waals surface area contributed by atoms with E-state index >= 15 is 0 Å². The van der Waals surface area contributed by atoms with E-state index in [1.807, 2.05) is 0 Å². The first-order valence-electron chi connectivity index (χ1n) is 12.9. The molecular weight excluding hydrogens is 543 g/mol. The summed E-state index contributed by atoms with van der Waals surface area (Å²) in [5.74, 6) is -2.06. The quantitative estimate of drug-likeness (QED) is 0.578. The summed E-state index contributed by atoms with van der Waals surface area (Å²) in [5, 5.41) is 12.3. The molecule has 4 aliphatic rings. The third kappa shape index (κ3) is 5.60. The maximum Gasteiger partial charge on any atom is 0.418 e. The highest BCUT2D eigenvalue weighted by Gasteiger charge is 2.41. The number of nitrogens with zero attached hydrogens (tertiary/aromatic N) is 4. The lowest BCUT2D eigenvalue weighted by atomic mass is 9.85. The number of alkyl halides is 3. The van der Waals surface area contributed by atoms with Crippen LogP contribution in [0.25, 0.3) is 0 Å². The van der Waals surface area contributed by atoms with Crippen molar-refractivity contribution in [2.45, 2.75) is 18.6 Å². The first-order chi connectivity index (χ1) is 19.6. The zero-order valence-corrected chi connectivity index (χ0v) is 22.0. The van der Waals surface area contributed by atoms with Gasteiger partial charge in [0.1, 0.15) is 5.76 Å². The Kier molecular flexibility index (Phi) is 7.68. The number of ether oxygens (including phenoxy) is 2. The largest absolute Gasteiger partial charge is 0.500 e. The normalized spacial score (nSPS) is 22.3. The van der Waals surface area contributed by atoms with E-state index in [4.69, 9.17) is 9.47 Å². The fourth-order valence-electron chi connectivity index (χ4n) is 5.46. The molecule has 1 N–H and O–H groups in total. The first kappa shape index (κ1) is 28.1. The van der Waals surface area contributed by atoms with E-state index in [1.165, 1.54) is 23.0 Å². The van der Waals surface area contributed by atoms with Crippen LogP contribution in [-0.2, 0) is 25.2 Å². The number of fused-ring (bicyclic) bond motifs is 1. The summed E-state index contributed by atoms with van der Waals surface area (Å²) < 4.78 is 53.5. The number of anilines is 1. The van der Waals surface area contributed by atoms with Crippen LogP contribution in [0.2, 0.25) is 0 Å². The van der Waals surface area contributed by atoms with Gasteiger partial charge in [-0.05, 0) is 30.7 Å². The number of carbonyl (C=O) groups excluding carboxylic acids is 3. The molecular formula is C28H26F3N5O5. The van der Waals surface area contributed by atoms with Gasteiger partial charge in [-0.1, -0.05) is 6.08 Å². The summed E-state index contributed by atoms with van der Waals surface area (Å²) in [4.78, 5) is 45.8. The second kappa shape index (κ2) is 11.2. The van der Waals surface area contributed by atoms with Crippen LogP contribution in [0.15, 0.2) is 52.8 Å². The molecule has 214 valence electrons. The number of rotatable bonds is 5. The van der Waals surface area contributed by atoms with E-state index in [-0.39, 0.29) is 68.2 Å². The van der Waals surface area contributed by atoms with Crippen molar-refractivity contribution in [3.8, 4) is 6.07 Å². The van der Waals surface area contributed by atoms with Gasteiger partial charge in [0, 0.05) is 43.9 Å². The molecule has 1 aromatic carbocycles. The third-order valence-electron chi connectivity index (χ3n) is 7.35. The van der Waals surface area contributed by atoms with E-state index < -0.39 is 41.4 Å². The van der Waals surface area contributed by atoms with Gasteiger partial charge in [-0.25, -0.2) is 4.99 Å². The standard InChI is InChI=1S/C28H26F3N5O5/c1-40-22-4-2-3-21-24(22)18(13-23(37)34-21)26(38)33-17-5-6-36(15-17)25-19(27(39)35-7-9-41-10-8-35)11-16(14-32)12-20(25)28(29,30)31/h2-4,11-13,17,24H,5-10,15H2,1H3,(H,33,38)/t17-,24?/m1/s1. The smallest absolute Gasteiger partial charge is 0.418 e. The van der Waals surface area contributed by atoms with Crippen molar-refractivity contribution in [2.24, 2.45) is 10.9 Å². The monoisotopic (exact) mass is 569 g/mol. The summed E-state index contributed by atoms with van der Waals surface area (Å²) in [5.41, 5.74) is -1.45. The van der Waals surface area contributed by atoms with Gasteiger partial charge in [-0.2, -0.15) is 18.4 Å². The number of nitriles is 1. The van der Waals surface area contributed by atoms with Crippen LogP contribution in [0.5, 0.6) is 0 Å². The molecule has 1 unspecified atom stereocenters. The first-order valence-corrected chi connectivity index (χ1v) is 12.9. The minimum Gasteiger partial charge on any atom is -0.500 e. The molecule has 13 heteroatoms.